The van der Waals surface area contributed by atoms with Crippen molar-refractivity contribution in [1.29, 1.82) is 0 Å². The van der Waals surface area contributed by atoms with Gasteiger partial charge in [-0.25, -0.2) is 9.78 Å². The van der Waals surface area contributed by atoms with Crippen molar-refractivity contribution < 1.29 is 44.1 Å². The minimum Gasteiger partial charge on any atom is -0.481 e. The van der Waals surface area contributed by atoms with E-state index in [0.29, 0.717) is 5.69 Å². The topological polar surface area (TPSA) is 280 Å². The van der Waals surface area contributed by atoms with E-state index >= 15 is 0 Å². The van der Waals surface area contributed by atoms with E-state index in [2.05, 4.69) is 20.6 Å². The van der Waals surface area contributed by atoms with Crippen molar-refractivity contribution in [3.05, 3.63) is 18.2 Å². The third-order valence-corrected chi connectivity index (χ3v) is 4.45. The van der Waals surface area contributed by atoms with Gasteiger partial charge in [0, 0.05) is 24.7 Å². The average molecular weight is 485 g/mol. The third kappa shape index (κ3) is 9.61. The summed E-state index contributed by atoms with van der Waals surface area (Å²) in [7, 11) is 0. The molecule has 0 aliphatic heterocycles. The fourth-order valence-corrected chi connectivity index (χ4v) is 2.67. The van der Waals surface area contributed by atoms with E-state index in [0.717, 1.165) is 0 Å². The molecule has 0 fully saturated rings. The fourth-order valence-electron chi connectivity index (χ4n) is 2.67. The van der Waals surface area contributed by atoms with E-state index < -0.39 is 72.8 Å². The van der Waals surface area contributed by atoms with Crippen LogP contribution in [0.15, 0.2) is 12.5 Å². The molecule has 4 atom stereocenters. The third-order valence-electron chi connectivity index (χ3n) is 4.45. The number of primary amides is 1. The molecule has 16 nitrogen and oxygen atoms in total. The molecule has 0 aromatic carbocycles. The van der Waals surface area contributed by atoms with Gasteiger partial charge in [-0.3, -0.25) is 24.0 Å². The van der Waals surface area contributed by atoms with Crippen LogP contribution in [0.1, 0.15) is 25.0 Å². The van der Waals surface area contributed by atoms with Crippen molar-refractivity contribution in [2.45, 2.75) is 49.9 Å². The minimum atomic E-state index is -1.81. The molecule has 34 heavy (non-hydrogen) atoms. The Bertz CT molecular complexity index is 890. The Morgan fingerprint density at radius 2 is 1.56 bits per heavy atom. The molecule has 1 heterocycles. The number of carbonyl (C=O) groups is 6. The van der Waals surface area contributed by atoms with Crippen LogP contribution in [0, 0.1) is 0 Å². The SMILES string of the molecule is NC(=O)CCC(NC(=O)C(CO)NC(=O)C(N)Cc1cnc[nH]1)C(=O)NC(CC(=O)O)C(=O)O. The summed E-state index contributed by atoms with van der Waals surface area (Å²) in [6, 6.07) is -5.99. The largest absolute Gasteiger partial charge is 0.481 e. The molecule has 0 radical (unpaired) electrons. The van der Waals surface area contributed by atoms with Crippen LogP contribution in [0.3, 0.4) is 0 Å². The number of nitrogens with two attached hydrogens (primary N) is 2. The standard InChI is InChI=1S/C18H27N7O9/c19-9(3-8-5-21-7-22-8)15(30)25-12(6-26)17(32)23-10(1-2-13(20)27)16(31)24-11(18(33)34)4-14(28)29/h5,7,9-12,26H,1-4,6,19H2,(H2,20,27)(H,21,22)(H,23,32)(H,24,31)(H,25,30)(H,28,29)(H,33,34). The number of nitrogens with zero attached hydrogens (tertiary/aromatic N) is 1. The Morgan fingerprint density at radius 1 is 0.971 bits per heavy atom. The number of hydrogen-bond donors (Lipinski definition) is 9. The first-order valence-electron chi connectivity index (χ1n) is 9.92. The first-order chi connectivity index (χ1) is 15.9. The number of aromatic amines is 1. The number of nitrogens with one attached hydrogen (secondary N) is 4. The molecule has 0 spiro atoms. The van der Waals surface area contributed by atoms with Gasteiger partial charge in [0.15, 0.2) is 0 Å². The highest BCUT2D eigenvalue weighted by Crippen LogP contribution is 2.03. The number of carbonyl (C=O) groups excluding carboxylic acids is 4. The highest BCUT2D eigenvalue weighted by atomic mass is 16.4. The van der Waals surface area contributed by atoms with Crippen molar-refractivity contribution in [1.82, 2.24) is 25.9 Å². The van der Waals surface area contributed by atoms with E-state index in [1.54, 1.807) is 0 Å². The van der Waals surface area contributed by atoms with Crippen molar-refractivity contribution in [3.63, 3.8) is 0 Å². The molecule has 1 aromatic rings. The summed E-state index contributed by atoms with van der Waals surface area (Å²) in [5.41, 5.74) is 11.4. The summed E-state index contributed by atoms with van der Waals surface area (Å²) < 4.78 is 0. The van der Waals surface area contributed by atoms with E-state index in [-0.39, 0.29) is 19.3 Å². The van der Waals surface area contributed by atoms with Gasteiger partial charge in [-0.15, -0.1) is 0 Å². The fraction of sp³-hybridized carbons (Fsp3) is 0.500. The lowest BCUT2D eigenvalue weighted by atomic mass is 10.1. The molecule has 4 amide bonds. The number of hydrogen-bond acceptors (Lipinski definition) is 9. The van der Waals surface area contributed by atoms with Crippen molar-refractivity contribution in [2.24, 2.45) is 11.5 Å². The van der Waals surface area contributed by atoms with E-state index in [9.17, 15) is 33.9 Å². The van der Waals surface area contributed by atoms with E-state index in [1.165, 1.54) is 12.5 Å². The molecule has 11 N–H and O–H groups in total. The average Bonchev–Trinajstić information content (AvgIpc) is 3.26. The highest BCUT2D eigenvalue weighted by molar-refractivity contribution is 5.95. The second-order valence-corrected chi connectivity index (χ2v) is 7.19. The number of aliphatic carboxylic acids is 2. The zero-order valence-electron chi connectivity index (χ0n) is 17.9. The number of aliphatic hydroxyl groups is 1. The maximum atomic E-state index is 12.6. The lowest BCUT2D eigenvalue weighted by Crippen LogP contribution is -2.58. The molecular formula is C18H27N7O9. The van der Waals surface area contributed by atoms with Crippen molar-refractivity contribution in [2.75, 3.05) is 6.61 Å². The van der Waals surface area contributed by atoms with Gasteiger partial charge in [-0.2, -0.15) is 0 Å². The maximum Gasteiger partial charge on any atom is 0.326 e. The van der Waals surface area contributed by atoms with Crippen LogP contribution in [0.5, 0.6) is 0 Å². The van der Waals surface area contributed by atoms with Gasteiger partial charge in [0.05, 0.1) is 25.4 Å². The van der Waals surface area contributed by atoms with Crippen LogP contribution in [0.4, 0.5) is 0 Å². The summed E-state index contributed by atoms with van der Waals surface area (Å²) in [5, 5.41) is 33.7. The number of rotatable bonds is 15. The quantitative estimate of drug-likeness (QED) is 0.114. The maximum absolute atomic E-state index is 12.6. The van der Waals surface area contributed by atoms with Gasteiger partial charge in [-0.1, -0.05) is 0 Å². The number of carboxylic acid groups (broad SMARTS) is 2. The molecule has 1 rings (SSSR count). The Balaban J connectivity index is 2.86. The number of aliphatic hydroxyl groups excluding tert-OH is 1. The molecule has 0 aliphatic carbocycles. The van der Waals surface area contributed by atoms with Crippen molar-refractivity contribution in [3.8, 4) is 0 Å². The molecule has 16 heteroatoms. The monoisotopic (exact) mass is 485 g/mol. The zero-order chi connectivity index (χ0) is 25.8. The normalized spacial score (nSPS) is 14.2. The van der Waals surface area contributed by atoms with Crippen molar-refractivity contribution >= 4 is 35.6 Å². The number of carboxylic acids is 2. The predicted octanol–water partition coefficient (Wildman–Crippen LogP) is -4.45. The molecule has 0 saturated carbocycles. The Hall–Kier alpha value is -4.05. The van der Waals surface area contributed by atoms with Gasteiger partial charge >= 0.3 is 11.9 Å². The first kappa shape index (κ1) is 28.0. The second kappa shape index (κ2) is 13.5. The lowest BCUT2D eigenvalue weighted by Gasteiger charge is -2.24. The van der Waals surface area contributed by atoms with Crippen LogP contribution in [0.25, 0.3) is 0 Å². The molecule has 0 aliphatic rings. The Labute approximate surface area is 192 Å². The number of aromatic nitrogens is 2. The van der Waals surface area contributed by atoms with Gasteiger partial charge in [-0.05, 0) is 6.42 Å². The van der Waals surface area contributed by atoms with Gasteiger partial charge < -0.3 is 47.7 Å². The molecule has 188 valence electrons. The Morgan fingerprint density at radius 3 is 2.06 bits per heavy atom. The smallest absolute Gasteiger partial charge is 0.326 e. The summed E-state index contributed by atoms with van der Waals surface area (Å²) in [6.45, 7) is -0.880. The van der Waals surface area contributed by atoms with Gasteiger partial charge in [0.25, 0.3) is 0 Å². The summed E-state index contributed by atoms with van der Waals surface area (Å²) >= 11 is 0. The van der Waals surface area contributed by atoms with Crippen LogP contribution in [0.2, 0.25) is 0 Å². The molecule has 1 aromatic heterocycles. The van der Waals surface area contributed by atoms with E-state index in [4.69, 9.17) is 21.7 Å². The summed E-state index contributed by atoms with van der Waals surface area (Å²) in [5.74, 6) is -6.91. The summed E-state index contributed by atoms with van der Waals surface area (Å²) in [6.07, 6.45) is 1.18. The first-order valence-corrected chi connectivity index (χ1v) is 9.92. The van der Waals surface area contributed by atoms with E-state index in [1.807, 2.05) is 5.32 Å². The molecular weight excluding hydrogens is 458 g/mol. The predicted molar refractivity (Wildman–Crippen MR) is 111 cm³/mol. The Kier molecular flexibility index (Phi) is 11.1. The number of imidazole rings is 1. The molecule has 0 saturated heterocycles. The summed E-state index contributed by atoms with van der Waals surface area (Å²) in [4.78, 5) is 77.0. The zero-order valence-corrected chi connectivity index (χ0v) is 17.9. The number of amides is 4. The number of H-pyrrole nitrogens is 1. The minimum absolute atomic E-state index is 0.0510. The van der Waals surface area contributed by atoms with Gasteiger partial charge in [0.2, 0.25) is 23.6 Å². The van der Waals surface area contributed by atoms with Crippen LogP contribution >= 0.6 is 0 Å². The van der Waals surface area contributed by atoms with Gasteiger partial charge in [0.1, 0.15) is 18.1 Å². The highest BCUT2D eigenvalue weighted by Gasteiger charge is 2.31. The van der Waals surface area contributed by atoms with Crippen LogP contribution < -0.4 is 27.4 Å². The van der Waals surface area contributed by atoms with Crippen LogP contribution in [-0.4, -0.2) is 91.6 Å². The molecule has 0 bridgehead atoms. The lowest BCUT2D eigenvalue weighted by molar-refractivity contribution is -0.147. The van der Waals surface area contributed by atoms with Crippen LogP contribution in [-0.2, 0) is 35.2 Å². The molecule has 4 unspecified atom stereocenters. The second-order valence-electron chi connectivity index (χ2n) is 7.19.